The maximum absolute atomic E-state index is 11.0. The molecule has 11 heavy (non-hydrogen) atoms. The molecule has 3 nitrogen and oxygen atoms in total. The quantitative estimate of drug-likeness (QED) is 0.613. The maximum atomic E-state index is 11.0. The lowest BCUT2D eigenvalue weighted by atomic mass is 10.2. The van der Waals surface area contributed by atoms with E-state index < -0.39 is 5.60 Å². The Morgan fingerprint density at radius 2 is 2.00 bits per heavy atom. The van der Waals surface area contributed by atoms with Gasteiger partial charge in [-0.15, -0.1) is 0 Å². The summed E-state index contributed by atoms with van der Waals surface area (Å²) in [6.45, 7) is 7.30. The summed E-state index contributed by atoms with van der Waals surface area (Å²) in [5, 5.41) is 0. The third-order valence-electron chi connectivity index (χ3n) is 0.909. The van der Waals surface area contributed by atoms with Crippen molar-refractivity contribution in [1.82, 2.24) is 0 Å². The molecule has 0 aromatic rings. The molecule has 0 aromatic heterocycles. The van der Waals surface area contributed by atoms with Crippen molar-refractivity contribution in [2.75, 3.05) is 0 Å². The van der Waals surface area contributed by atoms with Crippen LogP contribution in [0, 0.1) is 0 Å². The lowest BCUT2D eigenvalue weighted by Crippen LogP contribution is -2.28. The molecule has 0 rings (SSSR count). The van der Waals surface area contributed by atoms with E-state index in [4.69, 9.17) is 10.5 Å². The van der Waals surface area contributed by atoms with Crippen LogP contribution in [-0.4, -0.2) is 17.6 Å². The van der Waals surface area contributed by atoms with Gasteiger partial charge in [0.1, 0.15) is 5.60 Å². The van der Waals surface area contributed by atoms with Crippen molar-refractivity contribution < 1.29 is 9.53 Å². The molecule has 0 saturated heterocycles. The van der Waals surface area contributed by atoms with E-state index in [1.54, 1.807) is 6.92 Å². The molecular weight excluding hydrogens is 142 g/mol. The van der Waals surface area contributed by atoms with Gasteiger partial charge in [0, 0.05) is 6.04 Å². The van der Waals surface area contributed by atoms with Crippen LogP contribution >= 0.6 is 0 Å². The van der Waals surface area contributed by atoms with E-state index in [9.17, 15) is 4.79 Å². The Morgan fingerprint density at radius 1 is 1.55 bits per heavy atom. The Balaban J connectivity index is 3.71. The molecule has 3 heteroatoms. The SMILES string of the molecule is C[C@@H](N)CC(=O)OC(C)(C)C. The Bertz CT molecular complexity index is 136. The molecule has 0 aliphatic heterocycles. The minimum absolute atomic E-state index is 0.121. The molecule has 2 N–H and O–H groups in total. The first kappa shape index (κ1) is 10.4. The van der Waals surface area contributed by atoms with Crippen molar-refractivity contribution in [1.29, 1.82) is 0 Å². The topological polar surface area (TPSA) is 52.3 Å². The second-order valence-electron chi connectivity index (χ2n) is 3.77. The summed E-state index contributed by atoms with van der Waals surface area (Å²) in [4.78, 5) is 11.0. The Kier molecular flexibility index (Phi) is 3.52. The summed E-state index contributed by atoms with van der Waals surface area (Å²) >= 11 is 0. The zero-order valence-electron chi connectivity index (χ0n) is 7.68. The van der Waals surface area contributed by atoms with Crippen LogP contribution in [0.1, 0.15) is 34.1 Å². The molecule has 0 unspecified atom stereocenters. The second-order valence-corrected chi connectivity index (χ2v) is 3.77. The zero-order chi connectivity index (χ0) is 9.07. The minimum Gasteiger partial charge on any atom is -0.460 e. The van der Waals surface area contributed by atoms with Gasteiger partial charge in [-0.05, 0) is 27.7 Å². The molecule has 0 amide bonds. The lowest BCUT2D eigenvalue weighted by Gasteiger charge is -2.19. The highest BCUT2D eigenvalue weighted by Crippen LogP contribution is 2.08. The molecule has 0 bridgehead atoms. The number of hydrogen-bond donors (Lipinski definition) is 1. The van der Waals surface area contributed by atoms with E-state index in [1.165, 1.54) is 0 Å². The number of carbonyl (C=O) groups excluding carboxylic acids is 1. The number of hydrogen-bond acceptors (Lipinski definition) is 3. The van der Waals surface area contributed by atoms with Crippen LogP contribution in [0.25, 0.3) is 0 Å². The van der Waals surface area contributed by atoms with Crippen LogP contribution in [0.3, 0.4) is 0 Å². The molecule has 0 spiro atoms. The van der Waals surface area contributed by atoms with Gasteiger partial charge < -0.3 is 10.5 Å². The zero-order valence-corrected chi connectivity index (χ0v) is 7.68. The van der Waals surface area contributed by atoms with E-state index in [0.717, 1.165) is 0 Å². The standard InChI is InChI=1S/C8H17NO2/c1-6(9)5-7(10)11-8(2,3)4/h6H,5,9H2,1-4H3/t6-/m1/s1. The predicted octanol–water partition coefficient (Wildman–Crippen LogP) is 1.07. The first-order valence-corrected chi connectivity index (χ1v) is 3.78. The number of rotatable bonds is 2. The van der Waals surface area contributed by atoms with Crippen LogP contribution < -0.4 is 5.73 Å². The average Bonchev–Trinajstić information content (AvgIpc) is 1.53. The fourth-order valence-electron chi connectivity index (χ4n) is 0.646. The highest BCUT2D eigenvalue weighted by atomic mass is 16.6. The highest BCUT2D eigenvalue weighted by molar-refractivity contribution is 5.70. The van der Waals surface area contributed by atoms with Crippen molar-refractivity contribution in [3.8, 4) is 0 Å². The highest BCUT2D eigenvalue weighted by Gasteiger charge is 2.16. The summed E-state index contributed by atoms with van der Waals surface area (Å²) in [6, 6.07) is -0.121. The maximum Gasteiger partial charge on any atom is 0.307 e. The molecular formula is C8H17NO2. The molecule has 0 radical (unpaired) electrons. The molecule has 0 aliphatic rings. The summed E-state index contributed by atoms with van der Waals surface area (Å²) in [6.07, 6.45) is 0.289. The molecule has 0 saturated carbocycles. The van der Waals surface area contributed by atoms with Gasteiger partial charge >= 0.3 is 5.97 Å². The average molecular weight is 159 g/mol. The van der Waals surface area contributed by atoms with Crippen LogP contribution in [0.15, 0.2) is 0 Å². The van der Waals surface area contributed by atoms with Crippen molar-refractivity contribution in [2.24, 2.45) is 5.73 Å². The largest absolute Gasteiger partial charge is 0.460 e. The van der Waals surface area contributed by atoms with Crippen LogP contribution in [0.4, 0.5) is 0 Å². The fraction of sp³-hybridized carbons (Fsp3) is 0.875. The summed E-state index contributed by atoms with van der Waals surface area (Å²) in [5.41, 5.74) is 5.01. The minimum atomic E-state index is -0.397. The first-order chi connectivity index (χ1) is 4.81. The monoisotopic (exact) mass is 159 g/mol. The molecule has 0 aromatic carbocycles. The third kappa shape index (κ3) is 7.33. The molecule has 0 fully saturated rings. The van der Waals surface area contributed by atoms with Gasteiger partial charge in [-0.2, -0.15) is 0 Å². The Hall–Kier alpha value is -0.570. The normalized spacial score (nSPS) is 14.3. The lowest BCUT2D eigenvalue weighted by molar-refractivity contribution is -0.155. The molecule has 1 atom stereocenters. The van der Waals surface area contributed by atoms with Gasteiger partial charge in [-0.1, -0.05) is 0 Å². The van der Waals surface area contributed by atoms with Crippen LogP contribution in [0.5, 0.6) is 0 Å². The van der Waals surface area contributed by atoms with E-state index in [0.29, 0.717) is 0 Å². The number of nitrogens with two attached hydrogens (primary N) is 1. The Labute approximate surface area is 67.9 Å². The number of esters is 1. The van der Waals surface area contributed by atoms with Crippen molar-refractivity contribution in [3.05, 3.63) is 0 Å². The van der Waals surface area contributed by atoms with Crippen molar-refractivity contribution in [3.63, 3.8) is 0 Å². The van der Waals surface area contributed by atoms with Gasteiger partial charge in [-0.25, -0.2) is 0 Å². The second kappa shape index (κ2) is 3.72. The van der Waals surface area contributed by atoms with Crippen LogP contribution in [0.2, 0.25) is 0 Å². The number of ether oxygens (including phenoxy) is 1. The fourth-order valence-corrected chi connectivity index (χ4v) is 0.646. The van der Waals surface area contributed by atoms with E-state index >= 15 is 0 Å². The van der Waals surface area contributed by atoms with Gasteiger partial charge in [0.15, 0.2) is 0 Å². The third-order valence-corrected chi connectivity index (χ3v) is 0.909. The smallest absolute Gasteiger partial charge is 0.307 e. The Morgan fingerprint density at radius 3 is 2.27 bits per heavy atom. The van der Waals surface area contributed by atoms with Gasteiger partial charge in [-0.3, -0.25) is 4.79 Å². The summed E-state index contributed by atoms with van der Waals surface area (Å²) in [5.74, 6) is -0.229. The van der Waals surface area contributed by atoms with Gasteiger partial charge in [0.05, 0.1) is 6.42 Å². The summed E-state index contributed by atoms with van der Waals surface area (Å²) < 4.78 is 5.03. The van der Waals surface area contributed by atoms with E-state index in [-0.39, 0.29) is 18.4 Å². The number of carbonyl (C=O) groups is 1. The van der Waals surface area contributed by atoms with Gasteiger partial charge in [0.25, 0.3) is 0 Å². The molecule has 66 valence electrons. The predicted molar refractivity (Wildman–Crippen MR) is 44.1 cm³/mol. The van der Waals surface area contributed by atoms with E-state index in [1.807, 2.05) is 20.8 Å². The first-order valence-electron chi connectivity index (χ1n) is 3.78. The van der Waals surface area contributed by atoms with Crippen molar-refractivity contribution >= 4 is 5.97 Å². The van der Waals surface area contributed by atoms with Crippen LogP contribution in [-0.2, 0) is 9.53 Å². The summed E-state index contributed by atoms with van der Waals surface area (Å²) in [7, 11) is 0. The van der Waals surface area contributed by atoms with E-state index in [2.05, 4.69) is 0 Å². The van der Waals surface area contributed by atoms with Gasteiger partial charge in [0.2, 0.25) is 0 Å². The molecule has 0 aliphatic carbocycles. The molecule has 0 heterocycles. The van der Waals surface area contributed by atoms with Crippen molar-refractivity contribution in [2.45, 2.75) is 45.8 Å².